The summed E-state index contributed by atoms with van der Waals surface area (Å²) in [7, 11) is 1.38. The molecule has 0 spiro atoms. The Morgan fingerprint density at radius 2 is 2.36 bits per heavy atom. The van der Waals surface area contributed by atoms with Gasteiger partial charge in [-0.25, -0.2) is 9.37 Å². The number of methoxy groups -OCH3 is 1. The van der Waals surface area contributed by atoms with Gasteiger partial charge in [-0.1, -0.05) is 0 Å². The average Bonchev–Trinajstić information content (AvgIpc) is 2.05. The van der Waals surface area contributed by atoms with Gasteiger partial charge in [0.2, 0.25) is 5.88 Å². The van der Waals surface area contributed by atoms with Gasteiger partial charge >= 0.3 is 0 Å². The summed E-state index contributed by atoms with van der Waals surface area (Å²) in [6.45, 7) is 0. The predicted octanol–water partition coefficient (Wildman–Crippen LogP) is 0.687. The summed E-state index contributed by atoms with van der Waals surface area (Å²) in [6, 6.07) is 2.43. The van der Waals surface area contributed by atoms with Crippen molar-refractivity contribution in [3.05, 3.63) is 23.6 Å². The molecule has 1 radical (unpaired) electrons. The second-order valence-electron chi connectivity index (χ2n) is 1.79. The van der Waals surface area contributed by atoms with Crippen molar-refractivity contribution >= 4 is 6.29 Å². The van der Waals surface area contributed by atoms with Crippen LogP contribution in [0.15, 0.2) is 12.1 Å². The number of nitrogens with zero attached hydrogens (tertiary/aromatic N) is 1. The van der Waals surface area contributed by atoms with Crippen LogP contribution in [0.5, 0.6) is 5.88 Å². The van der Waals surface area contributed by atoms with Crippen LogP contribution in [0.2, 0.25) is 0 Å². The van der Waals surface area contributed by atoms with E-state index < -0.39 is 5.82 Å². The summed E-state index contributed by atoms with van der Waals surface area (Å²) < 4.78 is 17.2. The van der Waals surface area contributed by atoms with Crippen LogP contribution in [0.3, 0.4) is 0 Å². The van der Waals surface area contributed by atoms with Crippen LogP contribution in [-0.4, -0.2) is 18.4 Å². The molecule has 1 aromatic heterocycles. The van der Waals surface area contributed by atoms with Gasteiger partial charge in [-0.3, -0.25) is 4.79 Å². The Morgan fingerprint density at radius 1 is 1.64 bits per heavy atom. The molecule has 0 N–H and O–H groups in total. The standard InChI is InChI=1S/C7H5FNO2/c1-11-7-3-2-5(8)6(4-10)9-7/h2-3H,1H3. The topological polar surface area (TPSA) is 39.2 Å². The van der Waals surface area contributed by atoms with Crippen molar-refractivity contribution in [2.24, 2.45) is 0 Å². The summed E-state index contributed by atoms with van der Waals surface area (Å²) in [6.07, 6.45) is 1.35. The summed E-state index contributed by atoms with van der Waals surface area (Å²) in [5.74, 6) is -0.495. The molecule has 1 rings (SSSR count). The maximum atomic E-state index is 12.5. The Bertz CT molecular complexity index is 275. The smallest absolute Gasteiger partial charge is 0.256 e. The molecule has 0 aromatic carbocycles. The molecule has 1 heterocycles. The highest BCUT2D eigenvalue weighted by molar-refractivity contribution is 5.72. The lowest BCUT2D eigenvalue weighted by molar-refractivity contribution is 0.395. The Hall–Kier alpha value is -1.45. The molecule has 0 saturated carbocycles. The lowest BCUT2D eigenvalue weighted by Crippen LogP contribution is -1.95. The van der Waals surface area contributed by atoms with Gasteiger partial charge in [0.1, 0.15) is 0 Å². The molecule has 0 aliphatic carbocycles. The first-order valence-electron chi connectivity index (χ1n) is 2.86. The minimum absolute atomic E-state index is 0.199. The highest BCUT2D eigenvalue weighted by atomic mass is 19.1. The van der Waals surface area contributed by atoms with E-state index in [-0.39, 0.29) is 11.6 Å². The van der Waals surface area contributed by atoms with Crippen molar-refractivity contribution in [2.75, 3.05) is 7.11 Å². The van der Waals surface area contributed by atoms with Gasteiger partial charge in [0.05, 0.1) is 7.11 Å². The SMILES string of the molecule is COc1ccc(F)c([C]=O)n1. The zero-order valence-corrected chi connectivity index (χ0v) is 5.80. The van der Waals surface area contributed by atoms with Crippen LogP contribution in [0, 0.1) is 5.82 Å². The molecule has 0 aliphatic rings. The van der Waals surface area contributed by atoms with Crippen molar-refractivity contribution in [2.45, 2.75) is 0 Å². The Kier molecular flexibility index (Phi) is 2.15. The van der Waals surface area contributed by atoms with Crippen molar-refractivity contribution in [1.29, 1.82) is 0 Å². The van der Waals surface area contributed by atoms with Crippen LogP contribution in [0.25, 0.3) is 0 Å². The molecule has 0 bridgehead atoms. The number of ether oxygens (including phenoxy) is 1. The molecule has 0 aliphatic heterocycles. The van der Waals surface area contributed by atoms with Gasteiger partial charge < -0.3 is 4.74 Å². The van der Waals surface area contributed by atoms with Gasteiger partial charge in [-0.2, -0.15) is 0 Å². The van der Waals surface area contributed by atoms with E-state index >= 15 is 0 Å². The van der Waals surface area contributed by atoms with E-state index in [0.717, 1.165) is 6.07 Å². The van der Waals surface area contributed by atoms with Crippen LogP contribution >= 0.6 is 0 Å². The number of carbonyl (C=O) groups excluding carboxylic acids is 1. The fourth-order valence-corrected chi connectivity index (χ4v) is 0.610. The maximum Gasteiger partial charge on any atom is 0.256 e. The molecular formula is C7H5FNO2. The van der Waals surface area contributed by atoms with Crippen molar-refractivity contribution < 1.29 is 13.9 Å². The van der Waals surface area contributed by atoms with E-state index in [1.165, 1.54) is 19.5 Å². The normalized spacial score (nSPS) is 9.27. The zero-order chi connectivity index (χ0) is 8.27. The van der Waals surface area contributed by atoms with E-state index in [0.29, 0.717) is 0 Å². The van der Waals surface area contributed by atoms with Gasteiger partial charge in [-0.05, 0) is 6.07 Å². The van der Waals surface area contributed by atoms with Gasteiger partial charge in [-0.15, -0.1) is 0 Å². The van der Waals surface area contributed by atoms with Gasteiger partial charge in [0, 0.05) is 6.07 Å². The predicted molar refractivity (Wildman–Crippen MR) is 35.5 cm³/mol. The summed E-state index contributed by atoms with van der Waals surface area (Å²) in [5, 5.41) is 0. The van der Waals surface area contributed by atoms with E-state index in [4.69, 9.17) is 0 Å². The third-order valence-corrected chi connectivity index (χ3v) is 1.13. The van der Waals surface area contributed by atoms with Gasteiger partial charge in [0.25, 0.3) is 6.29 Å². The van der Waals surface area contributed by atoms with Crippen LogP contribution in [0.1, 0.15) is 5.69 Å². The molecule has 11 heavy (non-hydrogen) atoms. The van der Waals surface area contributed by atoms with Crippen molar-refractivity contribution in [3.63, 3.8) is 0 Å². The van der Waals surface area contributed by atoms with Crippen LogP contribution in [-0.2, 0) is 4.79 Å². The number of hydrogen-bond donors (Lipinski definition) is 0. The summed E-state index contributed by atoms with van der Waals surface area (Å²) in [4.78, 5) is 13.5. The van der Waals surface area contributed by atoms with Crippen molar-refractivity contribution in [1.82, 2.24) is 4.98 Å². The number of aromatic nitrogens is 1. The van der Waals surface area contributed by atoms with Crippen LogP contribution < -0.4 is 4.74 Å². The molecule has 0 unspecified atom stereocenters. The van der Waals surface area contributed by atoms with E-state index in [1.54, 1.807) is 0 Å². The molecule has 0 atom stereocenters. The fourth-order valence-electron chi connectivity index (χ4n) is 0.610. The van der Waals surface area contributed by atoms with E-state index in [1.807, 2.05) is 0 Å². The second kappa shape index (κ2) is 3.09. The maximum absolute atomic E-state index is 12.5. The molecule has 57 valence electrons. The Morgan fingerprint density at radius 3 is 2.91 bits per heavy atom. The lowest BCUT2D eigenvalue weighted by atomic mass is 10.3. The van der Waals surface area contributed by atoms with Gasteiger partial charge in [0.15, 0.2) is 11.5 Å². The largest absolute Gasteiger partial charge is 0.481 e. The first-order valence-corrected chi connectivity index (χ1v) is 2.86. The Labute approximate surface area is 62.8 Å². The van der Waals surface area contributed by atoms with E-state index in [9.17, 15) is 9.18 Å². The Balaban J connectivity index is 3.12. The lowest BCUT2D eigenvalue weighted by Gasteiger charge is -1.97. The third kappa shape index (κ3) is 1.52. The first kappa shape index (κ1) is 7.65. The molecular weight excluding hydrogens is 149 g/mol. The van der Waals surface area contributed by atoms with Crippen LogP contribution in [0.4, 0.5) is 4.39 Å². The zero-order valence-electron chi connectivity index (χ0n) is 5.80. The minimum atomic E-state index is -0.694. The first-order chi connectivity index (χ1) is 5.27. The number of hydrogen-bond acceptors (Lipinski definition) is 3. The number of pyridine rings is 1. The highest BCUT2D eigenvalue weighted by Crippen LogP contribution is 2.08. The summed E-state index contributed by atoms with van der Waals surface area (Å²) in [5.41, 5.74) is -0.357. The monoisotopic (exact) mass is 154 g/mol. The molecule has 3 nitrogen and oxygen atoms in total. The second-order valence-corrected chi connectivity index (χ2v) is 1.79. The molecule has 0 amide bonds. The van der Waals surface area contributed by atoms with Crippen molar-refractivity contribution in [3.8, 4) is 5.88 Å². The number of halogens is 1. The molecule has 1 aromatic rings. The average molecular weight is 154 g/mol. The van der Waals surface area contributed by atoms with E-state index in [2.05, 4.69) is 9.72 Å². The molecule has 4 heteroatoms. The molecule has 0 saturated heterocycles. The highest BCUT2D eigenvalue weighted by Gasteiger charge is 2.04. The number of rotatable bonds is 2. The third-order valence-electron chi connectivity index (χ3n) is 1.13. The summed E-state index contributed by atoms with van der Waals surface area (Å²) >= 11 is 0. The molecule has 0 fully saturated rings. The quantitative estimate of drug-likeness (QED) is 0.629. The fraction of sp³-hybridized carbons (Fsp3) is 0.143. The minimum Gasteiger partial charge on any atom is -0.481 e.